The molecule has 1 aromatic carbocycles. The maximum absolute atomic E-state index is 13.3. The van der Waals surface area contributed by atoms with E-state index in [1.807, 2.05) is 0 Å². The fourth-order valence-electron chi connectivity index (χ4n) is 3.00. The fraction of sp³-hybridized carbons (Fsp3) is 0.529. The molecular formula is C17H22FNO3. The van der Waals surface area contributed by atoms with Gasteiger partial charge in [0.1, 0.15) is 11.4 Å². The van der Waals surface area contributed by atoms with Gasteiger partial charge in [0.25, 0.3) is 0 Å². The topological polar surface area (TPSA) is 66.4 Å². The third kappa shape index (κ3) is 3.64. The Morgan fingerprint density at radius 2 is 1.86 bits per heavy atom. The predicted octanol–water partition coefficient (Wildman–Crippen LogP) is 3.22. The number of aliphatic carboxylic acids is 1. The summed E-state index contributed by atoms with van der Waals surface area (Å²) in [6.07, 6.45) is 4.46. The molecule has 0 aliphatic heterocycles. The van der Waals surface area contributed by atoms with E-state index in [2.05, 4.69) is 5.32 Å². The van der Waals surface area contributed by atoms with Gasteiger partial charge in [-0.15, -0.1) is 0 Å². The van der Waals surface area contributed by atoms with Crippen molar-refractivity contribution >= 4 is 11.9 Å². The van der Waals surface area contributed by atoms with Gasteiger partial charge in [0.05, 0.1) is 5.92 Å². The maximum atomic E-state index is 13.3. The van der Waals surface area contributed by atoms with Gasteiger partial charge in [0, 0.05) is 0 Å². The summed E-state index contributed by atoms with van der Waals surface area (Å²) in [6, 6.07) is 5.85. The lowest BCUT2D eigenvalue weighted by Crippen LogP contribution is -2.55. The normalized spacial score (nSPS) is 19.0. The molecule has 1 unspecified atom stereocenters. The first-order valence-electron chi connectivity index (χ1n) is 7.75. The van der Waals surface area contributed by atoms with Crippen LogP contribution in [0.3, 0.4) is 0 Å². The molecule has 4 nitrogen and oxygen atoms in total. The number of carbonyl (C=O) groups excluding carboxylic acids is 1. The second-order valence-electron chi connectivity index (χ2n) is 6.07. The molecule has 22 heavy (non-hydrogen) atoms. The number of halogens is 1. The Labute approximate surface area is 129 Å². The molecule has 0 saturated heterocycles. The van der Waals surface area contributed by atoms with Crippen molar-refractivity contribution in [2.75, 3.05) is 0 Å². The molecule has 2 N–H and O–H groups in total. The first-order chi connectivity index (χ1) is 10.4. The number of carboxylic acid groups (broad SMARTS) is 1. The lowest BCUT2D eigenvalue weighted by molar-refractivity contribution is -0.148. The lowest BCUT2D eigenvalue weighted by atomic mass is 9.88. The largest absolute Gasteiger partial charge is 0.480 e. The maximum Gasteiger partial charge on any atom is 0.329 e. The SMILES string of the molecule is CC(C(=O)NC1(C(=O)O)CCCCCC1)c1cccc(F)c1. The van der Waals surface area contributed by atoms with Gasteiger partial charge in [-0.05, 0) is 37.5 Å². The van der Waals surface area contributed by atoms with E-state index < -0.39 is 23.2 Å². The van der Waals surface area contributed by atoms with Gasteiger partial charge >= 0.3 is 5.97 Å². The zero-order valence-electron chi connectivity index (χ0n) is 12.8. The monoisotopic (exact) mass is 307 g/mol. The Morgan fingerprint density at radius 3 is 2.41 bits per heavy atom. The molecule has 1 fully saturated rings. The van der Waals surface area contributed by atoms with Gasteiger partial charge in [0.2, 0.25) is 5.91 Å². The first-order valence-corrected chi connectivity index (χ1v) is 7.75. The van der Waals surface area contributed by atoms with Crippen molar-refractivity contribution in [1.29, 1.82) is 0 Å². The summed E-state index contributed by atoms with van der Waals surface area (Å²) in [5, 5.41) is 12.3. The van der Waals surface area contributed by atoms with Gasteiger partial charge in [-0.25, -0.2) is 9.18 Å². The average molecular weight is 307 g/mol. The zero-order valence-corrected chi connectivity index (χ0v) is 12.8. The van der Waals surface area contributed by atoms with Crippen molar-refractivity contribution in [3.8, 4) is 0 Å². The Hall–Kier alpha value is -1.91. The molecule has 1 aliphatic rings. The van der Waals surface area contributed by atoms with Gasteiger partial charge in [0.15, 0.2) is 0 Å². The smallest absolute Gasteiger partial charge is 0.329 e. The molecule has 1 aromatic rings. The first kappa shape index (κ1) is 16.5. The lowest BCUT2D eigenvalue weighted by Gasteiger charge is -2.30. The van der Waals surface area contributed by atoms with Gasteiger partial charge in [-0.2, -0.15) is 0 Å². The number of amides is 1. The van der Waals surface area contributed by atoms with Crippen molar-refractivity contribution in [2.24, 2.45) is 0 Å². The van der Waals surface area contributed by atoms with Crippen LogP contribution in [0, 0.1) is 5.82 Å². The van der Waals surface area contributed by atoms with Crippen molar-refractivity contribution in [3.05, 3.63) is 35.6 Å². The number of carboxylic acids is 1. The molecule has 1 saturated carbocycles. The molecule has 2 rings (SSSR count). The summed E-state index contributed by atoms with van der Waals surface area (Å²) in [4.78, 5) is 24.2. The van der Waals surface area contributed by atoms with Crippen LogP contribution in [0.15, 0.2) is 24.3 Å². The van der Waals surface area contributed by atoms with Crippen LogP contribution in [0.25, 0.3) is 0 Å². The zero-order chi connectivity index (χ0) is 16.2. The van der Waals surface area contributed by atoms with E-state index in [0.717, 1.165) is 25.7 Å². The van der Waals surface area contributed by atoms with E-state index in [9.17, 15) is 19.1 Å². The van der Waals surface area contributed by atoms with Crippen molar-refractivity contribution in [1.82, 2.24) is 5.32 Å². The molecule has 120 valence electrons. The summed E-state index contributed by atoms with van der Waals surface area (Å²) >= 11 is 0. The summed E-state index contributed by atoms with van der Waals surface area (Å²) < 4.78 is 13.3. The molecule has 0 bridgehead atoms. The minimum Gasteiger partial charge on any atom is -0.480 e. The molecule has 1 atom stereocenters. The third-order valence-electron chi connectivity index (χ3n) is 4.47. The van der Waals surface area contributed by atoms with E-state index in [-0.39, 0.29) is 5.91 Å². The molecule has 0 radical (unpaired) electrons. The van der Waals surface area contributed by atoms with E-state index in [1.165, 1.54) is 12.1 Å². The van der Waals surface area contributed by atoms with Crippen LogP contribution in [0.2, 0.25) is 0 Å². The summed E-state index contributed by atoms with van der Waals surface area (Å²) in [5.74, 6) is -2.33. The number of carbonyl (C=O) groups is 2. The van der Waals surface area contributed by atoms with Crippen molar-refractivity contribution in [2.45, 2.75) is 56.9 Å². The van der Waals surface area contributed by atoms with Crippen molar-refractivity contribution < 1.29 is 19.1 Å². The Bertz CT molecular complexity index is 551. The quantitative estimate of drug-likeness (QED) is 0.839. The summed E-state index contributed by atoms with van der Waals surface area (Å²) in [7, 11) is 0. The molecule has 5 heteroatoms. The molecule has 0 spiro atoms. The van der Waals surface area contributed by atoms with Crippen LogP contribution < -0.4 is 5.32 Å². The number of nitrogens with one attached hydrogen (secondary N) is 1. The molecule has 0 heterocycles. The van der Waals surface area contributed by atoms with Crippen LogP contribution in [-0.2, 0) is 9.59 Å². The third-order valence-corrected chi connectivity index (χ3v) is 4.47. The second kappa shape index (κ2) is 6.90. The number of hydrogen-bond donors (Lipinski definition) is 2. The van der Waals surface area contributed by atoms with Gasteiger partial charge < -0.3 is 10.4 Å². The highest BCUT2D eigenvalue weighted by Gasteiger charge is 2.40. The van der Waals surface area contributed by atoms with Crippen LogP contribution in [0.4, 0.5) is 4.39 Å². The standard InChI is InChI=1S/C17H22FNO3/c1-12(13-7-6-8-14(18)11-13)15(20)19-17(16(21)22)9-4-2-3-5-10-17/h6-8,11-12H,2-5,9-10H2,1H3,(H,19,20)(H,21,22). The van der Waals surface area contributed by atoms with Crippen LogP contribution >= 0.6 is 0 Å². The second-order valence-corrected chi connectivity index (χ2v) is 6.07. The van der Waals surface area contributed by atoms with Crippen LogP contribution in [-0.4, -0.2) is 22.5 Å². The van der Waals surface area contributed by atoms with E-state index >= 15 is 0 Å². The van der Waals surface area contributed by atoms with E-state index in [0.29, 0.717) is 18.4 Å². The fourth-order valence-corrected chi connectivity index (χ4v) is 3.00. The van der Waals surface area contributed by atoms with Crippen molar-refractivity contribution in [3.63, 3.8) is 0 Å². The Balaban J connectivity index is 2.15. The Morgan fingerprint density at radius 1 is 1.23 bits per heavy atom. The number of rotatable bonds is 4. The summed E-state index contributed by atoms with van der Waals surface area (Å²) in [6.45, 7) is 1.66. The predicted molar refractivity (Wildman–Crippen MR) is 81.0 cm³/mol. The highest BCUT2D eigenvalue weighted by Crippen LogP contribution is 2.29. The molecule has 1 amide bonds. The van der Waals surface area contributed by atoms with Crippen LogP contribution in [0.1, 0.15) is 56.9 Å². The average Bonchev–Trinajstić information content (AvgIpc) is 2.73. The van der Waals surface area contributed by atoms with E-state index in [1.54, 1.807) is 19.1 Å². The number of benzene rings is 1. The molecular weight excluding hydrogens is 285 g/mol. The van der Waals surface area contributed by atoms with Crippen LogP contribution in [0.5, 0.6) is 0 Å². The molecule has 1 aliphatic carbocycles. The van der Waals surface area contributed by atoms with E-state index in [4.69, 9.17) is 0 Å². The minimum atomic E-state index is -1.19. The van der Waals surface area contributed by atoms with Gasteiger partial charge in [-0.1, -0.05) is 37.8 Å². The highest BCUT2D eigenvalue weighted by atomic mass is 19.1. The highest BCUT2D eigenvalue weighted by molar-refractivity contribution is 5.90. The summed E-state index contributed by atoms with van der Waals surface area (Å²) in [5.41, 5.74) is -0.638. The Kier molecular flexibility index (Phi) is 5.16. The number of hydrogen-bond acceptors (Lipinski definition) is 2. The minimum absolute atomic E-state index is 0.366. The molecule has 0 aromatic heterocycles. The van der Waals surface area contributed by atoms with Gasteiger partial charge in [-0.3, -0.25) is 4.79 Å².